The number of hydrogen-bond acceptors (Lipinski definition) is 3. The number of nitrogens with zero attached hydrogens (tertiary/aromatic N) is 3. The van der Waals surface area contributed by atoms with Gasteiger partial charge in [-0.25, -0.2) is 9.97 Å². The molecule has 3 nitrogen and oxygen atoms in total. The smallest absolute Gasteiger partial charge is 0.235 e. The third kappa shape index (κ3) is 3.56. The van der Waals surface area contributed by atoms with Gasteiger partial charge in [-0.05, 0) is 62.0 Å². The Morgan fingerprint density at radius 1 is 0.531 bits per heavy atom. The molecule has 0 radical (unpaired) electrons. The van der Waals surface area contributed by atoms with E-state index in [1.807, 2.05) is 0 Å². The van der Waals surface area contributed by atoms with Crippen LogP contribution in [-0.4, -0.2) is 14.5 Å². The summed E-state index contributed by atoms with van der Waals surface area (Å²) < 4.78 is 4.65. The molecule has 0 saturated heterocycles. The zero-order valence-electron chi connectivity index (χ0n) is 27.0. The van der Waals surface area contributed by atoms with E-state index in [1.165, 1.54) is 59.3 Å². The van der Waals surface area contributed by atoms with Gasteiger partial charge in [-0.15, -0.1) is 11.3 Å². The van der Waals surface area contributed by atoms with Crippen LogP contribution in [0, 0.1) is 0 Å². The van der Waals surface area contributed by atoms with E-state index in [4.69, 9.17) is 9.97 Å². The van der Waals surface area contributed by atoms with Gasteiger partial charge in [0.1, 0.15) is 0 Å². The Morgan fingerprint density at radius 3 is 1.86 bits per heavy atom. The molecule has 11 rings (SSSR count). The lowest BCUT2D eigenvalue weighted by atomic mass is 9.82. The first-order chi connectivity index (χ1) is 24.1. The molecule has 0 saturated carbocycles. The largest absolute Gasteiger partial charge is 0.278 e. The Morgan fingerprint density at radius 2 is 1.12 bits per heavy atom. The maximum atomic E-state index is 5.63. The summed E-state index contributed by atoms with van der Waals surface area (Å²) in [5.41, 5.74) is 10.5. The van der Waals surface area contributed by atoms with Gasteiger partial charge in [-0.1, -0.05) is 135 Å². The second kappa shape index (κ2) is 9.62. The van der Waals surface area contributed by atoms with Gasteiger partial charge >= 0.3 is 0 Å². The summed E-state index contributed by atoms with van der Waals surface area (Å²) in [6.45, 7) is 4.68. The monoisotopic (exact) mass is 643 g/mol. The molecule has 0 unspecified atom stereocenters. The first kappa shape index (κ1) is 27.1. The van der Waals surface area contributed by atoms with Crippen LogP contribution in [0.1, 0.15) is 25.0 Å². The van der Waals surface area contributed by atoms with E-state index in [9.17, 15) is 0 Å². The number of aromatic nitrogens is 3. The average molecular weight is 644 g/mol. The maximum absolute atomic E-state index is 5.63. The highest BCUT2D eigenvalue weighted by Crippen LogP contribution is 2.53. The molecular formula is C45H29N3S. The van der Waals surface area contributed by atoms with E-state index < -0.39 is 0 Å². The van der Waals surface area contributed by atoms with Gasteiger partial charge in [0.25, 0.3) is 0 Å². The standard InChI is InChI=1S/C45H29N3S/c1-45(2)33-19-9-7-16-30(33)38-32(18-11-20-34(38)45)42-43-41(31-17-8-10-21-37(31)49-43)46-44(47-42)48-35-24-22-26-12-3-5-14-28(26)39(35)40-29-15-6-4-13-27(29)23-25-36(40)48/h3-25H,1-2H3. The van der Waals surface area contributed by atoms with Crippen molar-refractivity contribution in [1.29, 1.82) is 0 Å². The zero-order valence-corrected chi connectivity index (χ0v) is 27.8. The first-order valence-electron chi connectivity index (χ1n) is 16.8. The summed E-state index contributed by atoms with van der Waals surface area (Å²) >= 11 is 1.79. The quantitative estimate of drug-likeness (QED) is 0.188. The Bertz CT molecular complexity index is 2940. The van der Waals surface area contributed by atoms with Gasteiger partial charge in [0.2, 0.25) is 5.95 Å². The Kier molecular flexibility index (Phi) is 5.33. The van der Waals surface area contributed by atoms with Crippen LogP contribution < -0.4 is 0 Å². The van der Waals surface area contributed by atoms with E-state index in [0.29, 0.717) is 5.95 Å². The average Bonchev–Trinajstić information content (AvgIpc) is 3.77. The number of hydrogen-bond donors (Lipinski definition) is 0. The van der Waals surface area contributed by atoms with Gasteiger partial charge in [0, 0.05) is 31.8 Å². The lowest BCUT2D eigenvalue weighted by molar-refractivity contribution is 0.660. The molecule has 0 atom stereocenters. The van der Waals surface area contributed by atoms with Gasteiger partial charge < -0.3 is 0 Å². The molecule has 0 bridgehead atoms. The van der Waals surface area contributed by atoms with Gasteiger partial charge in [-0.3, -0.25) is 4.57 Å². The van der Waals surface area contributed by atoms with Gasteiger partial charge in [0.05, 0.1) is 26.9 Å². The topological polar surface area (TPSA) is 30.7 Å². The van der Waals surface area contributed by atoms with Crippen LogP contribution in [0.4, 0.5) is 0 Å². The predicted molar refractivity (Wildman–Crippen MR) is 207 cm³/mol. The van der Waals surface area contributed by atoms with Crippen molar-refractivity contribution in [2.45, 2.75) is 19.3 Å². The fourth-order valence-corrected chi connectivity index (χ4v) is 9.72. The minimum Gasteiger partial charge on any atom is -0.278 e. The molecule has 0 aliphatic heterocycles. The normalized spacial score (nSPS) is 13.7. The van der Waals surface area contributed by atoms with Crippen LogP contribution in [0.3, 0.4) is 0 Å². The van der Waals surface area contributed by atoms with Crippen LogP contribution in [0.5, 0.6) is 0 Å². The minimum atomic E-state index is -0.105. The molecule has 1 aliphatic rings. The minimum absolute atomic E-state index is 0.105. The summed E-state index contributed by atoms with van der Waals surface area (Å²) in [7, 11) is 0. The third-order valence-corrected chi connectivity index (χ3v) is 12.0. The Labute approximate surface area is 286 Å². The number of fused-ring (bicyclic) bond motifs is 13. The van der Waals surface area contributed by atoms with Crippen molar-refractivity contribution in [3.8, 4) is 28.3 Å². The lowest BCUT2D eigenvalue weighted by Crippen LogP contribution is -2.14. The van der Waals surface area contributed by atoms with Crippen molar-refractivity contribution in [1.82, 2.24) is 14.5 Å². The molecule has 49 heavy (non-hydrogen) atoms. The highest BCUT2D eigenvalue weighted by molar-refractivity contribution is 7.26. The highest BCUT2D eigenvalue weighted by Gasteiger charge is 2.37. The molecule has 10 aromatic rings. The Hall–Kier alpha value is -5.84. The summed E-state index contributed by atoms with van der Waals surface area (Å²) in [6.07, 6.45) is 0. The SMILES string of the molecule is CC1(C)c2ccccc2-c2c(-c3nc(-n4c5ccc6ccccc6c5c5c6ccccc6ccc54)nc4c3sc3ccccc34)cccc21. The summed E-state index contributed by atoms with van der Waals surface area (Å²) in [5.74, 6) is 0.694. The number of benzene rings is 7. The van der Waals surface area contributed by atoms with Crippen LogP contribution in [0.2, 0.25) is 0 Å². The van der Waals surface area contributed by atoms with Crippen LogP contribution >= 0.6 is 11.3 Å². The van der Waals surface area contributed by atoms with E-state index in [0.717, 1.165) is 37.9 Å². The maximum Gasteiger partial charge on any atom is 0.235 e. The molecule has 3 heterocycles. The van der Waals surface area contributed by atoms with Crippen molar-refractivity contribution in [3.05, 3.63) is 151 Å². The van der Waals surface area contributed by atoms with E-state index in [1.54, 1.807) is 11.3 Å². The van der Waals surface area contributed by atoms with Gasteiger partial charge in [0.15, 0.2) is 0 Å². The van der Waals surface area contributed by atoms with Crippen molar-refractivity contribution in [2.75, 3.05) is 0 Å². The molecule has 0 amide bonds. The van der Waals surface area contributed by atoms with E-state index in [-0.39, 0.29) is 5.41 Å². The molecule has 230 valence electrons. The lowest BCUT2D eigenvalue weighted by Gasteiger charge is -2.21. The molecule has 0 spiro atoms. The molecule has 7 aromatic carbocycles. The van der Waals surface area contributed by atoms with Crippen molar-refractivity contribution >= 4 is 75.0 Å². The zero-order chi connectivity index (χ0) is 32.4. The second-order valence-corrected chi connectivity index (χ2v) is 14.8. The molecule has 4 heteroatoms. The molecular weight excluding hydrogens is 615 g/mol. The molecule has 1 aliphatic carbocycles. The predicted octanol–water partition coefficient (Wildman–Crippen LogP) is 12.2. The van der Waals surface area contributed by atoms with Crippen LogP contribution in [-0.2, 0) is 5.41 Å². The first-order valence-corrected chi connectivity index (χ1v) is 17.7. The fourth-order valence-electron chi connectivity index (χ4n) is 8.58. The van der Waals surface area contributed by atoms with E-state index >= 15 is 0 Å². The summed E-state index contributed by atoms with van der Waals surface area (Å²) in [6, 6.07) is 50.7. The van der Waals surface area contributed by atoms with E-state index in [2.05, 4.69) is 158 Å². The summed E-state index contributed by atoms with van der Waals surface area (Å²) in [5, 5.41) is 8.57. The van der Waals surface area contributed by atoms with Crippen molar-refractivity contribution < 1.29 is 0 Å². The van der Waals surface area contributed by atoms with Crippen LogP contribution in [0.25, 0.3) is 92.0 Å². The number of rotatable bonds is 2. The molecule has 3 aromatic heterocycles. The Balaban J connectivity index is 1.32. The third-order valence-electron chi connectivity index (χ3n) is 10.8. The summed E-state index contributed by atoms with van der Waals surface area (Å²) in [4.78, 5) is 11.1. The number of thiophene rings is 1. The van der Waals surface area contributed by atoms with Crippen molar-refractivity contribution in [2.24, 2.45) is 0 Å². The van der Waals surface area contributed by atoms with Crippen molar-refractivity contribution in [3.63, 3.8) is 0 Å². The highest BCUT2D eigenvalue weighted by atomic mass is 32.1. The second-order valence-electron chi connectivity index (χ2n) is 13.7. The molecule has 0 fully saturated rings. The van der Waals surface area contributed by atoms with Crippen LogP contribution in [0.15, 0.2) is 140 Å². The molecule has 0 N–H and O–H groups in total. The fraction of sp³-hybridized carbons (Fsp3) is 0.0667. The van der Waals surface area contributed by atoms with Gasteiger partial charge in [-0.2, -0.15) is 0 Å².